The number of hydrogen-bond acceptors (Lipinski definition) is 2. The molecule has 0 saturated carbocycles. The van der Waals surface area contributed by atoms with Crippen molar-refractivity contribution in [2.75, 3.05) is 6.61 Å². The van der Waals surface area contributed by atoms with E-state index in [-0.39, 0.29) is 6.04 Å². The molecule has 2 nitrogen and oxygen atoms in total. The van der Waals surface area contributed by atoms with Gasteiger partial charge < -0.3 is 10.5 Å². The standard InChI is InChI=1S/C12H17NO/c1-2-12(13)8-9-14-10-11-6-4-3-5-7-11/h2-7,12H,1,8-10,13H2/t12-/m1/s1. The van der Waals surface area contributed by atoms with Gasteiger partial charge in [-0.15, -0.1) is 6.58 Å². The normalized spacial score (nSPS) is 12.4. The maximum absolute atomic E-state index is 5.65. The second-order valence-corrected chi connectivity index (χ2v) is 3.23. The Balaban J connectivity index is 2.13. The van der Waals surface area contributed by atoms with E-state index in [4.69, 9.17) is 10.5 Å². The molecule has 0 aliphatic carbocycles. The van der Waals surface area contributed by atoms with Crippen molar-refractivity contribution in [3.63, 3.8) is 0 Å². The monoisotopic (exact) mass is 191 g/mol. The van der Waals surface area contributed by atoms with Gasteiger partial charge in [0.15, 0.2) is 0 Å². The zero-order valence-corrected chi connectivity index (χ0v) is 8.36. The van der Waals surface area contributed by atoms with Gasteiger partial charge >= 0.3 is 0 Å². The van der Waals surface area contributed by atoms with Gasteiger partial charge in [0.1, 0.15) is 0 Å². The summed E-state index contributed by atoms with van der Waals surface area (Å²) in [6.45, 7) is 4.96. The molecule has 0 fully saturated rings. The van der Waals surface area contributed by atoms with Crippen LogP contribution in [0.3, 0.4) is 0 Å². The molecular formula is C12H17NO. The highest BCUT2D eigenvalue weighted by Gasteiger charge is 1.96. The van der Waals surface area contributed by atoms with Gasteiger partial charge in [-0.05, 0) is 12.0 Å². The van der Waals surface area contributed by atoms with E-state index in [2.05, 4.69) is 6.58 Å². The van der Waals surface area contributed by atoms with Crippen LogP contribution in [0.1, 0.15) is 12.0 Å². The van der Waals surface area contributed by atoms with Gasteiger partial charge in [-0.2, -0.15) is 0 Å². The Morgan fingerprint density at radius 2 is 2.07 bits per heavy atom. The Morgan fingerprint density at radius 3 is 2.71 bits per heavy atom. The molecule has 0 amide bonds. The van der Waals surface area contributed by atoms with Crippen molar-refractivity contribution >= 4 is 0 Å². The summed E-state index contributed by atoms with van der Waals surface area (Å²) in [5.74, 6) is 0. The van der Waals surface area contributed by atoms with Crippen molar-refractivity contribution < 1.29 is 4.74 Å². The predicted molar refractivity (Wildman–Crippen MR) is 58.9 cm³/mol. The van der Waals surface area contributed by atoms with Crippen molar-refractivity contribution in [2.24, 2.45) is 5.73 Å². The summed E-state index contributed by atoms with van der Waals surface area (Å²) >= 11 is 0. The summed E-state index contributed by atoms with van der Waals surface area (Å²) in [6, 6.07) is 10.2. The lowest BCUT2D eigenvalue weighted by Crippen LogP contribution is -2.18. The number of nitrogens with two attached hydrogens (primary N) is 1. The molecule has 2 N–H and O–H groups in total. The van der Waals surface area contributed by atoms with E-state index >= 15 is 0 Å². The van der Waals surface area contributed by atoms with Gasteiger partial charge in [0.05, 0.1) is 6.61 Å². The molecular weight excluding hydrogens is 174 g/mol. The molecule has 1 rings (SSSR count). The zero-order valence-electron chi connectivity index (χ0n) is 8.36. The number of hydrogen-bond donors (Lipinski definition) is 1. The largest absolute Gasteiger partial charge is 0.377 e. The summed E-state index contributed by atoms with van der Waals surface area (Å²) in [6.07, 6.45) is 2.57. The molecule has 0 aliphatic heterocycles. The Hall–Kier alpha value is -1.12. The van der Waals surface area contributed by atoms with Gasteiger partial charge in [-0.3, -0.25) is 0 Å². The van der Waals surface area contributed by atoms with Crippen molar-refractivity contribution in [3.8, 4) is 0 Å². The first-order valence-electron chi connectivity index (χ1n) is 4.82. The van der Waals surface area contributed by atoms with Crippen LogP contribution in [0.2, 0.25) is 0 Å². The van der Waals surface area contributed by atoms with E-state index in [0.717, 1.165) is 6.42 Å². The summed E-state index contributed by atoms with van der Waals surface area (Å²) in [5, 5.41) is 0. The van der Waals surface area contributed by atoms with Crippen LogP contribution >= 0.6 is 0 Å². The van der Waals surface area contributed by atoms with Crippen LogP contribution in [0.15, 0.2) is 43.0 Å². The number of ether oxygens (including phenoxy) is 1. The molecule has 0 spiro atoms. The Bertz CT molecular complexity index is 258. The van der Waals surface area contributed by atoms with E-state index in [1.54, 1.807) is 6.08 Å². The molecule has 0 unspecified atom stereocenters. The van der Waals surface area contributed by atoms with E-state index in [0.29, 0.717) is 13.2 Å². The minimum absolute atomic E-state index is 0.0470. The maximum Gasteiger partial charge on any atom is 0.0716 e. The molecule has 14 heavy (non-hydrogen) atoms. The molecule has 0 aromatic heterocycles. The highest BCUT2D eigenvalue weighted by molar-refractivity contribution is 5.13. The molecule has 1 atom stereocenters. The second-order valence-electron chi connectivity index (χ2n) is 3.23. The summed E-state index contributed by atoms with van der Waals surface area (Å²) < 4.78 is 5.46. The van der Waals surface area contributed by atoms with Gasteiger partial charge in [-0.1, -0.05) is 36.4 Å². The van der Waals surface area contributed by atoms with Gasteiger partial charge in [0.2, 0.25) is 0 Å². The third-order valence-electron chi connectivity index (χ3n) is 2.01. The fourth-order valence-corrected chi connectivity index (χ4v) is 1.10. The Kier molecular flexibility index (Phi) is 4.97. The van der Waals surface area contributed by atoms with Crippen molar-refractivity contribution in [1.82, 2.24) is 0 Å². The molecule has 0 heterocycles. The third kappa shape index (κ3) is 4.21. The second kappa shape index (κ2) is 6.35. The number of rotatable bonds is 6. The van der Waals surface area contributed by atoms with E-state index < -0.39 is 0 Å². The molecule has 76 valence electrons. The van der Waals surface area contributed by atoms with Crippen molar-refractivity contribution in [3.05, 3.63) is 48.6 Å². The number of benzene rings is 1. The predicted octanol–water partition coefficient (Wildman–Crippen LogP) is 2.11. The first-order valence-corrected chi connectivity index (χ1v) is 4.82. The molecule has 2 heteroatoms. The van der Waals surface area contributed by atoms with Crippen molar-refractivity contribution in [1.29, 1.82) is 0 Å². The van der Waals surface area contributed by atoms with E-state index in [1.807, 2.05) is 30.3 Å². The molecule has 0 radical (unpaired) electrons. The summed E-state index contributed by atoms with van der Waals surface area (Å²) in [4.78, 5) is 0. The highest BCUT2D eigenvalue weighted by atomic mass is 16.5. The van der Waals surface area contributed by atoms with Crippen LogP contribution in [-0.4, -0.2) is 12.6 Å². The highest BCUT2D eigenvalue weighted by Crippen LogP contribution is 2.01. The van der Waals surface area contributed by atoms with E-state index in [9.17, 15) is 0 Å². The molecule has 0 aliphatic rings. The quantitative estimate of drug-likeness (QED) is 0.552. The molecule has 1 aromatic carbocycles. The van der Waals surface area contributed by atoms with Crippen LogP contribution in [0, 0.1) is 0 Å². The van der Waals surface area contributed by atoms with Crippen LogP contribution in [0.25, 0.3) is 0 Å². The zero-order chi connectivity index (χ0) is 10.2. The fraction of sp³-hybridized carbons (Fsp3) is 0.333. The molecule has 0 bridgehead atoms. The Morgan fingerprint density at radius 1 is 1.36 bits per heavy atom. The smallest absolute Gasteiger partial charge is 0.0716 e. The van der Waals surface area contributed by atoms with Gasteiger partial charge in [0, 0.05) is 12.6 Å². The average molecular weight is 191 g/mol. The minimum Gasteiger partial charge on any atom is -0.377 e. The first kappa shape index (κ1) is 11.0. The lowest BCUT2D eigenvalue weighted by molar-refractivity contribution is 0.116. The average Bonchev–Trinajstić information content (AvgIpc) is 2.25. The Labute approximate surface area is 85.4 Å². The summed E-state index contributed by atoms with van der Waals surface area (Å²) in [7, 11) is 0. The topological polar surface area (TPSA) is 35.2 Å². The molecule has 0 saturated heterocycles. The summed E-state index contributed by atoms with van der Waals surface area (Å²) in [5.41, 5.74) is 6.85. The van der Waals surface area contributed by atoms with Gasteiger partial charge in [-0.25, -0.2) is 0 Å². The van der Waals surface area contributed by atoms with Crippen LogP contribution in [-0.2, 0) is 11.3 Å². The minimum atomic E-state index is 0.0470. The van der Waals surface area contributed by atoms with E-state index in [1.165, 1.54) is 5.56 Å². The van der Waals surface area contributed by atoms with Gasteiger partial charge in [0.25, 0.3) is 0 Å². The third-order valence-corrected chi connectivity index (χ3v) is 2.01. The fourth-order valence-electron chi connectivity index (χ4n) is 1.10. The maximum atomic E-state index is 5.65. The molecule has 1 aromatic rings. The lowest BCUT2D eigenvalue weighted by Gasteiger charge is -2.06. The lowest BCUT2D eigenvalue weighted by atomic mass is 10.2. The van der Waals surface area contributed by atoms with Crippen molar-refractivity contribution in [2.45, 2.75) is 19.1 Å². The van der Waals surface area contributed by atoms with Crippen LogP contribution in [0.4, 0.5) is 0 Å². The SMILES string of the molecule is C=C[C@@H](N)CCOCc1ccccc1. The van der Waals surface area contributed by atoms with Crippen LogP contribution in [0.5, 0.6) is 0 Å². The first-order chi connectivity index (χ1) is 6.83. The van der Waals surface area contributed by atoms with Crippen LogP contribution < -0.4 is 5.73 Å².